The number of hydrogen-bond donors (Lipinski definition) is 1. The van der Waals surface area contributed by atoms with Crippen molar-refractivity contribution in [2.24, 2.45) is 11.7 Å². The molecule has 17 heavy (non-hydrogen) atoms. The smallest absolute Gasteiger partial charge is 0.0599 e. The Labute approximate surface area is 107 Å². The van der Waals surface area contributed by atoms with E-state index in [1.807, 2.05) is 0 Å². The van der Waals surface area contributed by atoms with E-state index in [4.69, 9.17) is 10.5 Å². The molecule has 0 amide bonds. The van der Waals surface area contributed by atoms with Crippen LogP contribution in [-0.4, -0.2) is 43.3 Å². The standard InChI is InChI=1S/C14H30N2O/c1-4-6-12(3)14(11-15)16-9-7-13(8-10-16)17-5-2/h12-14H,4-11,15H2,1-3H3. The first-order chi connectivity index (χ1) is 8.22. The van der Waals surface area contributed by atoms with Gasteiger partial charge in [0.05, 0.1) is 6.10 Å². The summed E-state index contributed by atoms with van der Waals surface area (Å²) in [6.07, 6.45) is 5.36. The average molecular weight is 242 g/mol. The summed E-state index contributed by atoms with van der Waals surface area (Å²) >= 11 is 0. The Morgan fingerprint density at radius 2 is 1.94 bits per heavy atom. The van der Waals surface area contributed by atoms with Crippen LogP contribution in [0, 0.1) is 5.92 Å². The van der Waals surface area contributed by atoms with E-state index in [0.29, 0.717) is 18.1 Å². The summed E-state index contributed by atoms with van der Waals surface area (Å²) in [5.74, 6) is 0.716. The number of nitrogens with zero attached hydrogens (tertiary/aromatic N) is 1. The van der Waals surface area contributed by atoms with E-state index >= 15 is 0 Å². The van der Waals surface area contributed by atoms with Crippen LogP contribution in [0.15, 0.2) is 0 Å². The first-order valence-corrected chi connectivity index (χ1v) is 7.28. The second kappa shape index (κ2) is 8.06. The lowest BCUT2D eigenvalue weighted by Crippen LogP contribution is -2.49. The van der Waals surface area contributed by atoms with E-state index in [0.717, 1.165) is 26.2 Å². The lowest BCUT2D eigenvalue weighted by Gasteiger charge is -2.39. The molecule has 0 bridgehead atoms. The van der Waals surface area contributed by atoms with Crippen molar-refractivity contribution in [1.82, 2.24) is 4.90 Å². The quantitative estimate of drug-likeness (QED) is 0.744. The van der Waals surface area contributed by atoms with Crippen molar-refractivity contribution in [3.63, 3.8) is 0 Å². The molecular formula is C14H30N2O. The third kappa shape index (κ3) is 4.57. The van der Waals surface area contributed by atoms with Crippen molar-refractivity contribution in [2.45, 2.75) is 58.6 Å². The van der Waals surface area contributed by atoms with Gasteiger partial charge in [-0.25, -0.2) is 0 Å². The summed E-state index contributed by atoms with van der Waals surface area (Å²) in [5.41, 5.74) is 5.96. The molecule has 1 saturated heterocycles. The Bertz CT molecular complexity index is 191. The highest BCUT2D eigenvalue weighted by atomic mass is 16.5. The average Bonchev–Trinajstić information content (AvgIpc) is 2.33. The van der Waals surface area contributed by atoms with Crippen molar-refractivity contribution in [1.29, 1.82) is 0 Å². The van der Waals surface area contributed by atoms with Gasteiger partial charge in [-0.1, -0.05) is 20.3 Å². The van der Waals surface area contributed by atoms with E-state index in [9.17, 15) is 0 Å². The lowest BCUT2D eigenvalue weighted by atomic mass is 9.93. The zero-order chi connectivity index (χ0) is 12.7. The van der Waals surface area contributed by atoms with Crippen molar-refractivity contribution >= 4 is 0 Å². The molecular weight excluding hydrogens is 212 g/mol. The molecule has 0 aromatic rings. The highest BCUT2D eigenvalue weighted by Crippen LogP contribution is 2.21. The van der Waals surface area contributed by atoms with Crippen LogP contribution in [0.5, 0.6) is 0 Å². The third-order valence-electron chi connectivity index (χ3n) is 3.99. The molecule has 2 unspecified atom stereocenters. The van der Waals surface area contributed by atoms with Gasteiger partial charge in [-0.3, -0.25) is 4.90 Å². The number of likely N-dealkylation sites (tertiary alicyclic amines) is 1. The van der Waals surface area contributed by atoms with Gasteiger partial charge in [0.1, 0.15) is 0 Å². The summed E-state index contributed by atoms with van der Waals surface area (Å²) < 4.78 is 5.69. The molecule has 1 fully saturated rings. The minimum absolute atomic E-state index is 0.483. The molecule has 3 nitrogen and oxygen atoms in total. The molecule has 0 aromatic carbocycles. The first-order valence-electron chi connectivity index (χ1n) is 7.28. The Hall–Kier alpha value is -0.120. The summed E-state index contributed by atoms with van der Waals surface area (Å²) in [6, 6.07) is 0.567. The van der Waals surface area contributed by atoms with Gasteiger partial charge < -0.3 is 10.5 Å². The lowest BCUT2D eigenvalue weighted by molar-refractivity contribution is -0.00197. The van der Waals surface area contributed by atoms with Gasteiger partial charge >= 0.3 is 0 Å². The fourth-order valence-corrected chi connectivity index (χ4v) is 3.00. The van der Waals surface area contributed by atoms with Crippen LogP contribution in [0.1, 0.15) is 46.5 Å². The summed E-state index contributed by atoms with van der Waals surface area (Å²) in [6.45, 7) is 10.6. The molecule has 0 radical (unpaired) electrons. The topological polar surface area (TPSA) is 38.5 Å². The Morgan fingerprint density at radius 3 is 2.41 bits per heavy atom. The van der Waals surface area contributed by atoms with Crippen molar-refractivity contribution in [3.8, 4) is 0 Å². The molecule has 102 valence electrons. The third-order valence-corrected chi connectivity index (χ3v) is 3.99. The van der Waals surface area contributed by atoms with Crippen LogP contribution in [0.2, 0.25) is 0 Å². The van der Waals surface area contributed by atoms with Crippen LogP contribution < -0.4 is 5.73 Å². The maximum absolute atomic E-state index is 5.96. The Morgan fingerprint density at radius 1 is 1.29 bits per heavy atom. The molecule has 0 saturated carbocycles. The molecule has 0 aliphatic carbocycles. The van der Waals surface area contributed by atoms with E-state index in [1.54, 1.807) is 0 Å². The highest BCUT2D eigenvalue weighted by molar-refractivity contribution is 4.82. The molecule has 1 rings (SSSR count). The zero-order valence-electron chi connectivity index (χ0n) is 11.8. The van der Waals surface area contributed by atoms with Crippen LogP contribution in [0.3, 0.4) is 0 Å². The summed E-state index contributed by atoms with van der Waals surface area (Å²) in [4.78, 5) is 2.58. The van der Waals surface area contributed by atoms with Crippen LogP contribution in [0.4, 0.5) is 0 Å². The van der Waals surface area contributed by atoms with Gasteiger partial charge in [0.15, 0.2) is 0 Å². The van der Waals surface area contributed by atoms with Crippen LogP contribution in [-0.2, 0) is 4.74 Å². The molecule has 0 aromatic heterocycles. The second-order valence-corrected chi connectivity index (χ2v) is 5.26. The number of piperidine rings is 1. The molecule has 3 heteroatoms. The number of ether oxygens (including phenoxy) is 1. The first kappa shape index (κ1) is 14.9. The highest BCUT2D eigenvalue weighted by Gasteiger charge is 2.27. The van der Waals surface area contributed by atoms with Gasteiger partial charge in [-0.15, -0.1) is 0 Å². The number of rotatable bonds is 7. The summed E-state index contributed by atoms with van der Waals surface area (Å²) in [7, 11) is 0. The maximum Gasteiger partial charge on any atom is 0.0599 e. The van der Waals surface area contributed by atoms with Crippen LogP contribution in [0.25, 0.3) is 0 Å². The molecule has 1 aliphatic rings. The molecule has 2 N–H and O–H groups in total. The maximum atomic E-state index is 5.96. The predicted molar refractivity (Wildman–Crippen MR) is 73.1 cm³/mol. The number of hydrogen-bond acceptors (Lipinski definition) is 3. The van der Waals surface area contributed by atoms with E-state index in [-0.39, 0.29) is 0 Å². The SMILES string of the molecule is CCCC(C)C(CN)N1CCC(OCC)CC1. The predicted octanol–water partition coefficient (Wildman–Crippen LogP) is 2.25. The molecule has 2 atom stereocenters. The molecule has 1 heterocycles. The fourth-order valence-electron chi connectivity index (χ4n) is 3.00. The largest absolute Gasteiger partial charge is 0.378 e. The van der Waals surface area contributed by atoms with E-state index < -0.39 is 0 Å². The van der Waals surface area contributed by atoms with Gasteiger partial charge in [-0.05, 0) is 32.1 Å². The normalized spacial score (nSPS) is 22.6. The molecule has 1 aliphatic heterocycles. The fraction of sp³-hybridized carbons (Fsp3) is 1.00. The zero-order valence-corrected chi connectivity index (χ0v) is 11.8. The van der Waals surface area contributed by atoms with Crippen LogP contribution >= 0.6 is 0 Å². The van der Waals surface area contributed by atoms with Gasteiger partial charge in [0.2, 0.25) is 0 Å². The van der Waals surface area contributed by atoms with Gasteiger partial charge in [0.25, 0.3) is 0 Å². The Kier molecular flexibility index (Phi) is 7.09. The minimum atomic E-state index is 0.483. The Balaban J connectivity index is 2.39. The molecule has 0 spiro atoms. The second-order valence-electron chi connectivity index (χ2n) is 5.26. The van der Waals surface area contributed by atoms with Gasteiger partial charge in [-0.2, -0.15) is 0 Å². The van der Waals surface area contributed by atoms with Crippen molar-refractivity contribution in [2.75, 3.05) is 26.2 Å². The van der Waals surface area contributed by atoms with Crippen molar-refractivity contribution in [3.05, 3.63) is 0 Å². The van der Waals surface area contributed by atoms with Gasteiger partial charge in [0, 0.05) is 32.3 Å². The minimum Gasteiger partial charge on any atom is -0.378 e. The van der Waals surface area contributed by atoms with E-state index in [1.165, 1.54) is 25.7 Å². The van der Waals surface area contributed by atoms with Crippen molar-refractivity contribution < 1.29 is 4.74 Å². The summed E-state index contributed by atoms with van der Waals surface area (Å²) in [5, 5.41) is 0. The monoisotopic (exact) mass is 242 g/mol. The van der Waals surface area contributed by atoms with E-state index in [2.05, 4.69) is 25.7 Å². The number of nitrogens with two attached hydrogens (primary N) is 1.